The van der Waals surface area contributed by atoms with Gasteiger partial charge in [-0.2, -0.15) is 0 Å². The molecular formula is C17H23BrO3. The number of carbonyl (C=O) groups excluding carboxylic acids is 1. The highest BCUT2D eigenvalue weighted by molar-refractivity contribution is 9.10. The van der Waals surface area contributed by atoms with Crippen molar-refractivity contribution in [3.05, 3.63) is 48.0 Å². The average Bonchev–Trinajstić information content (AvgIpc) is 2.46. The number of hydrogen-bond acceptors (Lipinski definition) is 3. The van der Waals surface area contributed by atoms with Crippen molar-refractivity contribution in [3.8, 4) is 0 Å². The molecule has 0 amide bonds. The number of hydrogen-bond donors (Lipinski definition) is 1. The maximum Gasteiger partial charge on any atom is 0.330 e. The number of esters is 1. The van der Waals surface area contributed by atoms with Crippen LogP contribution in [0.2, 0.25) is 0 Å². The van der Waals surface area contributed by atoms with Crippen LogP contribution in [0.5, 0.6) is 0 Å². The van der Waals surface area contributed by atoms with Crippen LogP contribution in [0.15, 0.2) is 42.5 Å². The van der Waals surface area contributed by atoms with Crippen molar-refractivity contribution in [2.45, 2.75) is 50.1 Å². The Bertz CT molecular complexity index is 470. The van der Waals surface area contributed by atoms with Crippen LogP contribution in [0, 0.1) is 0 Å². The SMILES string of the molecule is CCC/C=C/C(O)C(Br)(C(=O)OC(C)C)c1ccccc1. The van der Waals surface area contributed by atoms with Crippen LogP contribution in [0.1, 0.15) is 39.2 Å². The van der Waals surface area contributed by atoms with Crippen LogP contribution in [0.25, 0.3) is 0 Å². The molecular weight excluding hydrogens is 332 g/mol. The topological polar surface area (TPSA) is 46.5 Å². The van der Waals surface area contributed by atoms with Crippen molar-refractivity contribution in [3.63, 3.8) is 0 Å². The highest BCUT2D eigenvalue weighted by Crippen LogP contribution is 2.37. The predicted molar refractivity (Wildman–Crippen MR) is 88.3 cm³/mol. The van der Waals surface area contributed by atoms with E-state index in [-0.39, 0.29) is 6.10 Å². The fraction of sp³-hybridized carbons (Fsp3) is 0.471. The number of aliphatic hydroxyl groups excluding tert-OH is 1. The maximum absolute atomic E-state index is 12.5. The second-order valence-electron chi connectivity index (χ2n) is 5.19. The molecule has 1 aromatic rings. The Morgan fingerprint density at radius 2 is 2.00 bits per heavy atom. The first kappa shape index (κ1) is 17.9. The van der Waals surface area contributed by atoms with Crippen LogP contribution >= 0.6 is 15.9 Å². The Labute approximate surface area is 135 Å². The third-order valence-corrected chi connectivity index (χ3v) is 4.27. The zero-order valence-electron chi connectivity index (χ0n) is 12.8. The number of allylic oxidation sites excluding steroid dienone is 1. The number of rotatable bonds is 7. The summed E-state index contributed by atoms with van der Waals surface area (Å²) in [6, 6.07) is 9.12. The Hall–Kier alpha value is -1.13. The second-order valence-corrected chi connectivity index (χ2v) is 6.44. The van der Waals surface area contributed by atoms with Crippen molar-refractivity contribution in [2.24, 2.45) is 0 Å². The first-order valence-electron chi connectivity index (χ1n) is 7.23. The van der Waals surface area contributed by atoms with Gasteiger partial charge in [-0.3, -0.25) is 4.79 Å². The molecule has 0 aliphatic heterocycles. The van der Waals surface area contributed by atoms with Crippen molar-refractivity contribution in [1.82, 2.24) is 0 Å². The van der Waals surface area contributed by atoms with Gasteiger partial charge < -0.3 is 9.84 Å². The summed E-state index contributed by atoms with van der Waals surface area (Å²) in [6.07, 6.45) is 4.12. The molecule has 0 saturated carbocycles. The Morgan fingerprint density at radius 1 is 1.38 bits per heavy atom. The third-order valence-electron chi connectivity index (χ3n) is 3.01. The van der Waals surface area contributed by atoms with Gasteiger partial charge in [0.2, 0.25) is 0 Å². The predicted octanol–water partition coefficient (Wildman–Crippen LogP) is 3.95. The Balaban J connectivity index is 3.13. The molecule has 1 aromatic carbocycles. The fourth-order valence-electron chi connectivity index (χ4n) is 1.91. The van der Waals surface area contributed by atoms with Crippen molar-refractivity contribution in [2.75, 3.05) is 0 Å². The number of ether oxygens (including phenoxy) is 1. The molecule has 0 spiro atoms. The molecule has 0 heterocycles. The Kier molecular flexibility index (Phi) is 7.12. The van der Waals surface area contributed by atoms with Crippen LogP contribution < -0.4 is 0 Å². The lowest BCUT2D eigenvalue weighted by molar-refractivity contribution is -0.152. The van der Waals surface area contributed by atoms with Crippen LogP contribution in [0.4, 0.5) is 0 Å². The molecule has 21 heavy (non-hydrogen) atoms. The van der Waals surface area contributed by atoms with Gasteiger partial charge in [0.15, 0.2) is 4.32 Å². The third kappa shape index (κ3) is 4.68. The van der Waals surface area contributed by atoms with Gasteiger partial charge in [0.1, 0.15) is 6.10 Å². The molecule has 0 bridgehead atoms. The molecule has 1 rings (SSSR count). The highest BCUT2D eigenvalue weighted by atomic mass is 79.9. The van der Waals surface area contributed by atoms with E-state index in [4.69, 9.17) is 4.74 Å². The summed E-state index contributed by atoms with van der Waals surface area (Å²) in [4.78, 5) is 12.5. The number of alkyl halides is 1. The van der Waals surface area contributed by atoms with E-state index >= 15 is 0 Å². The summed E-state index contributed by atoms with van der Waals surface area (Å²) in [5, 5.41) is 10.5. The number of unbranched alkanes of at least 4 members (excludes halogenated alkanes) is 1. The van der Waals surface area contributed by atoms with Gasteiger partial charge in [0, 0.05) is 0 Å². The van der Waals surface area contributed by atoms with E-state index in [1.807, 2.05) is 24.3 Å². The summed E-state index contributed by atoms with van der Waals surface area (Å²) in [5.74, 6) is -0.489. The van der Waals surface area contributed by atoms with E-state index in [1.54, 1.807) is 32.1 Å². The molecule has 0 saturated heterocycles. The lowest BCUT2D eigenvalue weighted by Gasteiger charge is -2.30. The number of halogens is 1. The summed E-state index contributed by atoms with van der Waals surface area (Å²) >= 11 is 3.43. The van der Waals surface area contributed by atoms with Gasteiger partial charge in [0.05, 0.1) is 6.10 Å². The quantitative estimate of drug-likeness (QED) is 0.458. The van der Waals surface area contributed by atoms with E-state index in [0.717, 1.165) is 12.8 Å². The summed E-state index contributed by atoms with van der Waals surface area (Å²) in [7, 11) is 0. The van der Waals surface area contributed by atoms with E-state index in [9.17, 15) is 9.90 Å². The molecule has 3 nitrogen and oxygen atoms in total. The normalized spacial score (nSPS) is 15.9. The average molecular weight is 355 g/mol. The Morgan fingerprint density at radius 3 is 2.52 bits per heavy atom. The van der Waals surface area contributed by atoms with Gasteiger partial charge >= 0.3 is 5.97 Å². The molecule has 0 aliphatic carbocycles. The number of benzene rings is 1. The molecule has 116 valence electrons. The zero-order chi connectivity index (χ0) is 15.9. The van der Waals surface area contributed by atoms with E-state index in [2.05, 4.69) is 22.9 Å². The monoisotopic (exact) mass is 354 g/mol. The minimum atomic E-state index is -1.29. The van der Waals surface area contributed by atoms with E-state index in [0.29, 0.717) is 5.56 Å². The highest BCUT2D eigenvalue weighted by Gasteiger charge is 2.45. The minimum absolute atomic E-state index is 0.245. The largest absolute Gasteiger partial charge is 0.462 e. The van der Waals surface area contributed by atoms with Crippen molar-refractivity contribution < 1.29 is 14.6 Å². The van der Waals surface area contributed by atoms with Gasteiger partial charge in [-0.05, 0) is 25.8 Å². The van der Waals surface area contributed by atoms with Gasteiger partial charge in [-0.25, -0.2) is 0 Å². The molecule has 0 aliphatic rings. The summed E-state index contributed by atoms with van der Waals surface area (Å²) in [6.45, 7) is 5.63. The lowest BCUT2D eigenvalue weighted by Crippen LogP contribution is -2.42. The number of aliphatic hydroxyl groups is 1. The maximum atomic E-state index is 12.5. The molecule has 4 heteroatoms. The smallest absolute Gasteiger partial charge is 0.330 e. The fourth-order valence-corrected chi connectivity index (χ4v) is 2.42. The standard InChI is InChI=1S/C17H23BrO3/c1-4-5-7-12-15(19)17(18,16(20)21-13(2)3)14-10-8-6-9-11-14/h6-13,15,19H,4-5H2,1-3H3/b12-7+. The molecule has 1 N–H and O–H groups in total. The minimum Gasteiger partial charge on any atom is -0.462 e. The lowest BCUT2D eigenvalue weighted by atomic mass is 9.92. The summed E-state index contributed by atoms with van der Waals surface area (Å²) in [5.41, 5.74) is 0.671. The van der Waals surface area contributed by atoms with E-state index < -0.39 is 16.4 Å². The summed E-state index contributed by atoms with van der Waals surface area (Å²) < 4.78 is 4.03. The van der Waals surface area contributed by atoms with Crippen LogP contribution in [-0.2, 0) is 13.9 Å². The van der Waals surface area contributed by atoms with Crippen molar-refractivity contribution in [1.29, 1.82) is 0 Å². The second kappa shape index (κ2) is 8.35. The molecule has 0 radical (unpaired) electrons. The van der Waals surface area contributed by atoms with Gasteiger partial charge in [-0.1, -0.05) is 71.8 Å². The van der Waals surface area contributed by atoms with Crippen LogP contribution in [-0.4, -0.2) is 23.3 Å². The first-order valence-corrected chi connectivity index (χ1v) is 8.02. The number of carbonyl (C=O) groups is 1. The zero-order valence-corrected chi connectivity index (χ0v) is 14.3. The molecule has 0 aromatic heterocycles. The van der Waals surface area contributed by atoms with E-state index in [1.165, 1.54) is 0 Å². The molecule has 2 unspecified atom stereocenters. The van der Waals surface area contributed by atoms with Crippen LogP contribution in [0.3, 0.4) is 0 Å². The van der Waals surface area contributed by atoms with Gasteiger partial charge in [0.25, 0.3) is 0 Å². The van der Waals surface area contributed by atoms with Gasteiger partial charge in [-0.15, -0.1) is 0 Å². The first-order chi connectivity index (χ1) is 9.92. The molecule has 2 atom stereocenters. The molecule has 0 fully saturated rings. The van der Waals surface area contributed by atoms with Crippen molar-refractivity contribution >= 4 is 21.9 Å².